The Kier molecular flexibility index (Phi) is 3.66. The van der Waals surface area contributed by atoms with Gasteiger partial charge in [0.2, 0.25) is 10.0 Å². The first kappa shape index (κ1) is 13.4. The van der Waals surface area contributed by atoms with Gasteiger partial charge in [0, 0.05) is 13.1 Å². The number of nitrogens with two attached hydrogens (primary N) is 1. The summed E-state index contributed by atoms with van der Waals surface area (Å²) in [5.41, 5.74) is 6.00. The van der Waals surface area contributed by atoms with Crippen LogP contribution in [0.2, 0.25) is 0 Å². The first-order valence-electron chi connectivity index (χ1n) is 5.34. The van der Waals surface area contributed by atoms with E-state index in [9.17, 15) is 8.42 Å². The summed E-state index contributed by atoms with van der Waals surface area (Å²) in [5, 5.41) is 6.33. The largest absolute Gasteiger partial charge is 0.391 e. The highest BCUT2D eigenvalue weighted by Crippen LogP contribution is 2.20. The fraction of sp³-hybridized carbons (Fsp3) is 0.556. The molecule has 0 spiro atoms. The Morgan fingerprint density at radius 2 is 2.44 bits per heavy atom. The van der Waals surface area contributed by atoms with Gasteiger partial charge in [-0.3, -0.25) is 5.10 Å². The van der Waals surface area contributed by atoms with Crippen LogP contribution in [0.5, 0.6) is 0 Å². The van der Waals surface area contributed by atoms with Crippen LogP contribution >= 0.6 is 12.2 Å². The Bertz CT molecular complexity index is 554. The molecule has 0 bridgehead atoms. The zero-order valence-electron chi connectivity index (χ0n) is 9.79. The number of ether oxygens (including phenoxy) is 1. The number of thiocarbonyl (C=S) groups is 1. The van der Waals surface area contributed by atoms with Gasteiger partial charge < -0.3 is 10.5 Å². The highest BCUT2D eigenvalue weighted by molar-refractivity contribution is 7.89. The second kappa shape index (κ2) is 4.92. The van der Waals surface area contributed by atoms with E-state index in [1.54, 1.807) is 6.92 Å². The van der Waals surface area contributed by atoms with Crippen molar-refractivity contribution in [3.63, 3.8) is 0 Å². The van der Waals surface area contributed by atoms with Crippen LogP contribution in [-0.4, -0.2) is 53.7 Å². The molecule has 1 aliphatic rings. The molecule has 2 heterocycles. The smallest absolute Gasteiger partial charge is 0.246 e. The molecule has 0 aromatic carbocycles. The fourth-order valence-electron chi connectivity index (χ4n) is 1.75. The van der Waals surface area contributed by atoms with Gasteiger partial charge in [-0.1, -0.05) is 12.2 Å². The zero-order valence-corrected chi connectivity index (χ0v) is 11.4. The summed E-state index contributed by atoms with van der Waals surface area (Å²) in [7, 11) is -3.57. The number of aryl methyl sites for hydroxylation is 1. The molecule has 0 saturated carbocycles. The Morgan fingerprint density at radius 3 is 3.00 bits per heavy atom. The van der Waals surface area contributed by atoms with Gasteiger partial charge in [0.15, 0.2) is 0 Å². The Labute approximate surface area is 110 Å². The van der Waals surface area contributed by atoms with Crippen molar-refractivity contribution in [3.8, 4) is 0 Å². The molecule has 3 N–H and O–H groups in total. The summed E-state index contributed by atoms with van der Waals surface area (Å²) < 4.78 is 31.4. The van der Waals surface area contributed by atoms with Crippen molar-refractivity contribution in [2.45, 2.75) is 17.9 Å². The molecule has 2 rings (SSSR count). The highest BCUT2D eigenvalue weighted by atomic mass is 32.2. The number of hydrogen-bond acceptors (Lipinski definition) is 5. The number of aromatic amines is 1. The number of sulfonamides is 1. The first-order chi connectivity index (χ1) is 8.43. The minimum Gasteiger partial charge on any atom is -0.391 e. The van der Waals surface area contributed by atoms with Crippen LogP contribution in [0.1, 0.15) is 5.69 Å². The lowest BCUT2D eigenvalue weighted by Crippen LogP contribution is -2.49. The number of morpholine rings is 1. The van der Waals surface area contributed by atoms with E-state index >= 15 is 0 Å². The fourth-order valence-corrected chi connectivity index (χ4v) is 3.44. The van der Waals surface area contributed by atoms with Crippen LogP contribution in [-0.2, 0) is 14.8 Å². The van der Waals surface area contributed by atoms with Gasteiger partial charge >= 0.3 is 0 Å². The maximum atomic E-state index is 12.4. The van der Waals surface area contributed by atoms with E-state index in [1.807, 2.05) is 0 Å². The molecule has 1 aromatic rings. The molecule has 1 unspecified atom stereocenters. The topological polar surface area (TPSA) is 101 Å². The number of hydrogen-bond donors (Lipinski definition) is 2. The van der Waals surface area contributed by atoms with Crippen LogP contribution in [0.15, 0.2) is 11.1 Å². The number of nitrogens with zero attached hydrogens (tertiary/aromatic N) is 2. The summed E-state index contributed by atoms with van der Waals surface area (Å²) in [6, 6.07) is 0. The van der Waals surface area contributed by atoms with Crippen molar-refractivity contribution in [2.24, 2.45) is 5.73 Å². The quantitative estimate of drug-likeness (QED) is 0.720. The molecule has 1 fully saturated rings. The Balaban J connectivity index is 2.26. The molecule has 1 aliphatic heterocycles. The minimum atomic E-state index is -3.57. The molecule has 0 radical (unpaired) electrons. The predicted molar refractivity (Wildman–Crippen MR) is 68.6 cm³/mol. The number of nitrogens with one attached hydrogen (secondary N) is 1. The van der Waals surface area contributed by atoms with E-state index in [1.165, 1.54) is 10.5 Å². The Morgan fingerprint density at radius 1 is 1.72 bits per heavy atom. The molecule has 100 valence electrons. The average Bonchev–Trinajstić information content (AvgIpc) is 2.76. The monoisotopic (exact) mass is 290 g/mol. The number of aromatic nitrogens is 2. The van der Waals surface area contributed by atoms with Crippen LogP contribution in [0.3, 0.4) is 0 Å². The summed E-state index contributed by atoms with van der Waals surface area (Å²) in [6.07, 6.45) is 0.770. The van der Waals surface area contributed by atoms with Gasteiger partial charge in [0.25, 0.3) is 0 Å². The van der Waals surface area contributed by atoms with Crippen LogP contribution in [0.25, 0.3) is 0 Å². The number of H-pyrrole nitrogens is 1. The van der Waals surface area contributed by atoms with E-state index in [0.29, 0.717) is 5.69 Å². The maximum Gasteiger partial charge on any atom is 0.246 e. The van der Waals surface area contributed by atoms with Gasteiger partial charge in [0.1, 0.15) is 16.0 Å². The summed E-state index contributed by atoms with van der Waals surface area (Å²) in [6.45, 7) is 2.36. The van der Waals surface area contributed by atoms with E-state index in [-0.39, 0.29) is 29.6 Å². The van der Waals surface area contributed by atoms with Crippen molar-refractivity contribution in [2.75, 3.05) is 19.7 Å². The predicted octanol–water partition coefficient (Wildman–Crippen LogP) is -0.606. The van der Waals surface area contributed by atoms with Gasteiger partial charge in [-0.15, -0.1) is 0 Å². The zero-order chi connectivity index (χ0) is 13.3. The molecule has 18 heavy (non-hydrogen) atoms. The third kappa shape index (κ3) is 2.39. The summed E-state index contributed by atoms with van der Waals surface area (Å²) in [5.74, 6) is 0. The molecule has 0 aliphatic carbocycles. The lowest BCUT2D eigenvalue weighted by molar-refractivity contribution is 0.0386. The number of rotatable bonds is 3. The van der Waals surface area contributed by atoms with Crippen molar-refractivity contribution in [1.82, 2.24) is 14.5 Å². The van der Waals surface area contributed by atoms with Crippen LogP contribution in [0.4, 0.5) is 0 Å². The van der Waals surface area contributed by atoms with Gasteiger partial charge in [-0.2, -0.15) is 9.40 Å². The SMILES string of the molecule is Cc1[nH]ncc1S(=O)(=O)N1CCOC(C(N)=S)C1. The first-order valence-corrected chi connectivity index (χ1v) is 7.19. The third-order valence-corrected chi connectivity index (χ3v) is 4.99. The summed E-state index contributed by atoms with van der Waals surface area (Å²) in [4.78, 5) is 0.338. The molecule has 0 amide bonds. The molecular weight excluding hydrogens is 276 g/mol. The molecule has 9 heteroatoms. The van der Waals surface area contributed by atoms with Gasteiger partial charge in [-0.25, -0.2) is 8.42 Å². The third-order valence-electron chi connectivity index (χ3n) is 2.75. The lowest BCUT2D eigenvalue weighted by atomic mass is 10.3. The van der Waals surface area contributed by atoms with Gasteiger partial charge in [0.05, 0.1) is 18.5 Å². The maximum absolute atomic E-state index is 12.4. The molecule has 1 aromatic heterocycles. The lowest BCUT2D eigenvalue weighted by Gasteiger charge is -2.31. The van der Waals surface area contributed by atoms with Crippen LogP contribution < -0.4 is 5.73 Å². The molecule has 1 saturated heterocycles. The molecule has 7 nitrogen and oxygen atoms in total. The molecule has 1 atom stereocenters. The van der Waals surface area contributed by atoms with Gasteiger partial charge in [-0.05, 0) is 6.92 Å². The second-order valence-corrected chi connectivity index (χ2v) is 6.36. The normalized spacial score (nSPS) is 21.9. The Hall–Kier alpha value is -1.03. The molecular formula is C9H14N4O3S2. The minimum absolute atomic E-state index is 0.141. The highest BCUT2D eigenvalue weighted by Gasteiger charge is 2.33. The van der Waals surface area contributed by atoms with Crippen molar-refractivity contribution < 1.29 is 13.2 Å². The van der Waals surface area contributed by atoms with E-state index in [0.717, 1.165) is 0 Å². The van der Waals surface area contributed by atoms with E-state index < -0.39 is 16.1 Å². The average molecular weight is 290 g/mol. The van der Waals surface area contributed by atoms with E-state index in [4.69, 9.17) is 22.7 Å². The van der Waals surface area contributed by atoms with Crippen molar-refractivity contribution in [1.29, 1.82) is 0 Å². The van der Waals surface area contributed by atoms with Crippen molar-refractivity contribution >= 4 is 27.2 Å². The van der Waals surface area contributed by atoms with Crippen LogP contribution in [0, 0.1) is 6.92 Å². The summed E-state index contributed by atoms with van der Waals surface area (Å²) >= 11 is 4.83. The van der Waals surface area contributed by atoms with Crippen molar-refractivity contribution in [3.05, 3.63) is 11.9 Å². The second-order valence-electron chi connectivity index (χ2n) is 3.98. The standard InChI is InChI=1S/C9H14N4O3S2/c1-6-8(4-11-12-6)18(14,15)13-2-3-16-7(5-13)9(10)17/h4,7H,2-3,5H2,1H3,(H2,10,17)(H,11,12). The van der Waals surface area contributed by atoms with E-state index in [2.05, 4.69) is 10.2 Å².